The third kappa shape index (κ3) is 2.94. The first-order chi connectivity index (χ1) is 8.31. The molecule has 4 heteroatoms. The van der Waals surface area contributed by atoms with Gasteiger partial charge in [0.1, 0.15) is 0 Å². The fourth-order valence-electron chi connectivity index (χ4n) is 1.91. The van der Waals surface area contributed by atoms with Crippen molar-refractivity contribution in [2.24, 2.45) is 5.41 Å². The number of hydrogen-bond acceptors (Lipinski definition) is 3. The van der Waals surface area contributed by atoms with Crippen LogP contribution in [0.15, 0.2) is 12.1 Å². The molecule has 0 amide bonds. The highest BCUT2D eigenvalue weighted by atomic mass is 16.5. The first-order valence-electron chi connectivity index (χ1n) is 5.76. The van der Waals surface area contributed by atoms with Gasteiger partial charge in [0, 0.05) is 0 Å². The zero-order valence-electron chi connectivity index (χ0n) is 11.5. The average Bonchev–Trinajstić information content (AvgIpc) is 2.27. The van der Waals surface area contributed by atoms with Gasteiger partial charge in [-0.05, 0) is 44.4 Å². The summed E-state index contributed by atoms with van der Waals surface area (Å²) in [5.41, 5.74) is 1.07. The van der Waals surface area contributed by atoms with Gasteiger partial charge in [0.2, 0.25) is 0 Å². The summed E-state index contributed by atoms with van der Waals surface area (Å²) < 4.78 is 10.5. The SMILES string of the molecule is COc1cc(CC(C)(C)C(=O)O)cc(C)c1OC. The zero-order chi connectivity index (χ0) is 13.9. The highest BCUT2D eigenvalue weighted by Crippen LogP contribution is 2.34. The minimum atomic E-state index is -0.810. The maximum Gasteiger partial charge on any atom is 0.309 e. The lowest BCUT2D eigenvalue weighted by Crippen LogP contribution is -2.26. The number of hydrogen-bond donors (Lipinski definition) is 1. The van der Waals surface area contributed by atoms with E-state index in [1.165, 1.54) is 0 Å². The molecule has 1 aromatic rings. The summed E-state index contributed by atoms with van der Waals surface area (Å²) in [6.45, 7) is 5.33. The van der Waals surface area contributed by atoms with Crippen LogP contribution in [0, 0.1) is 12.3 Å². The van der Waals surface area contributed by atoms with Crippen molar-refractivity contribution >= 4 is 5.97 Å². The van der Waals surface area contributed by atoms with Gasteiger partial charge >= 0.3 is 5.97 Å². The Balaban J connectivity index is 3.13. The maximum atomic E-state index is 11.1. The minimum absolute atomic E-state index is 0.448. The van der Waals surface area contributed by atoms with Gasteiger partial charge in [-0.2, -0.15) is 0 Å². The molecule has 0 bridgehead atoms. The van der Waals surface area contributed by atoms with Crippen LogP contribution in [0.2, 0.25) is 0 Å². The average molecular weight is 252 g/mol. The van der Waals surface area contributed by atoms with Crippen LogP contribution < -0.4 is 9.47 Å². The van der Waals surface area contributed by atoms with E-state index in [0.29, 0.717) is 17.9 Å². The second kappa shape index (κ2) is 5.29. The van der Waals surface area contributed by atoms with Crippen LogP contribution in [-0.4, -0.2) is 25.3 Å². The van der Waals surface area contributed by atoms with Crippen LogP contribution in [0.1, 0.15) is 25.0 Å². The van der Waals surface area contributed by atoms with Crippen LogP contribution in [0.3, 0.4) is 0 Å². The molecule has 0 aliphatic carbocycles. The largest absolute Gasteiger partial charge is 0.493 e. The first-order valence-corrected chi connectivity index (χ1v) is 5.76. The Hall–Kier alpha value is -1.71. The van der Waals surface area contributed by atoms with Crippen molar-refractivity contribution in [3.63, 3.8) is 0 Å². The third-order valence-corrected chi connectivity index (χ3v) is 2.95. The Morgan fingerprint density at radius 2 is 1.89 bits per heavy atom. The van der Waals surface area contributed by atoms with Crippen molar-refractivity contribution in [2.45, 2.75) is 27.2 Å². The maximum absolute atomic E-state index is 11.1. The van der Waals surface area contributed by atoms with E-state index < -0.39 is 11.4 Å². The summed E-state index contributed by atoms with van der Waals surface area (Å²) in [6, 6.07) is 3.77. The monoisotopic (exact) mass is 252 g/mol. The lowest BCUT2D eigenvalue weighted by molar-refractivity contribution is -0.146. The summed E-state index contributed by atoms with van der Waals surface area (Å²) >= 11 is 0. The summed E-state index contributed by atoms with van der Waals surface area (Å²) in [6.07, 6.45) is 0.448. The highest BCUT2D eigenvalue weighted by molar-refractivity contribution is 5.74. The lowest BCUT2D eigenvalue weighted by Gasteiger charge is -2.20. The van der Waals surface area contributed by atoms with E-state index in [9.17, 15) is 4.79 Å². The molecule has 0 spiro atoms. The predicted octanol–water partition coefficient (Wildman–Crippen LogP) is 2.67. The van der Waals surface area contributed by atoms with E-state index in [1.807, 2.05) is 19.1 Å². The van der Waals surface area contributed by atoms with Gasteiger partial charge in [0.05, 0.1) is 19.6 Å². The molecule has 0 atom stereocenters. The Bertz CT molecular complexity index is 449. The topological polar surface area (TPSA) is 55.8 Å². The summed E-state index contributed by atoms with van der Waals surface area (Å²) in [4.78, 5) is 11.1. The Labute approximate surface area is 108 Å². The smallest absolute Gasteiger partial charge is 0.309 e. The second-order valence-electron chi connectivity index (χ2n) is 5.01. The Kier molecular flexibility index (Phi) is 4.22. The Morgan fingerprint density at radius 1 is 1.28 bits per heavy atom. The van der Waals surface area contributed by atoms with Crippen molar-refractivity contribution in [1.29, 1.82) is 0 Å². The number of rotatable bonds is 5. The molecule has 0 heterocycles. The molecule has 0 aliphatic rings. The molecule has 0 aliphatic heterocycles. The van der Waals surface area contributed by atoms with Crippen molar-refractivity contribution in [1.82, 2.24) is 0 Å². The summed E-state index contributed by atoms with van der Waals surface area (Å²) in [5.74, 6) is 0.512. The van der Waals surface area contributed by atoms with Gasteiger partial charge in [-0.1, -0.05) is 6.07 Å². The number of methoxy groups -OCH3 is 2. The molecule has 0 radical (unpaired) electrons. The zero-order valence-corrected chi connectivity index (χ0v) is 11.5. The molecule has 4 nitrogen and oxygen atoms in total. The van der Waals surface area contributed by atoms with Gasteiger partial charge in [0.25, 0.3) is 0 Å². The van der Waals surface area contributed by atoms with Crippen LogP contribution in [-0.2, 0) is 11.2 Å². The fraction of sp³-hybridized carbons (Fsp3) is 0.500. The fourth-order valence-corrected chi connectivity index (χ4v) is 1.91. The quantitative estimate of drug-likeness (QED) is 0.875. The van der Waals surface area contributed by atoms with E-state index >= 15 is 0 Å². The van der Waals surface area contributed by atoms with Crippen molar-refractivity contribution in [3.8, 4) is 11.5 Å². The molecular weight excluding hydrogens is 232 g/mol. The van der Waals surface area contributed by atoms with E-state index in [1.54, 1.807) is 28.1 Å². The molecule has 18 heavy (non-hydrogen) atoms. The molecule has 0 fully saturated rings. The number of carboxylic acids is 1. The van der Waals surface area contributed by atoms with E-state index in [2.05, 4.69) is 0 Å². The van der Waals surface area contributed by atoms with E-state index in [0.717, 1.165) is 11.1 Å². The van der Waals surface area contributed by atoms with Crippen LogP contribution >= 0.6 is 0 Å². The highest BCUT2D eigenvalue weighted by Gasteiger charge is 2.28. The number of benzene rings is 1. The van der Waals surface area contributed by atoms with Gasteiger partial charge in [0.15, 0.2) is 11.5 Å². The van der Waals surface area contributed by atoms with Crippen molar-refractivity contribution in [2.75, 3.05) is 14.2 Å². The number of aliphatic carboxylic acids is 1. The summed E-state index contributed by atoms with van der Waals surface area (Å²) in [5, 5.41) is 9.14. The molecular formula is C14H20O4. The van der Waals surface area contributed by atoms with Gasteiger partial charge in [-0.15, -0.1) is 0 Å². The van der Waals surface area contributed by atoms with Crippen molar-refractivity contribution < 1.29 is 19.4 Å². The molecule has 1 rings (SSSR count). The molecule has 0 saturated carbocycles. The van der Waals surface area contributed by atoms with E-state index in [-0.39, 0.29) is 0 Å². The molecule has 0 aromatic heterocycles. The number of ether oxygens (including phenoxy) is 2. The predicted molar refractivity (Wildman–Crippen MR) is 69.4 cm³/mol. The van der Waals surface area contributed by atoms with Crippen LogP contribution in [0.25, 0.3) is 0 Å². The summed E-state index contributed by atoms with van der Waals surface area (Å²) in [7, 11) is 3.16. The van der Waals surface area contributed by atoms with E-state index in [4.69, 9.17) is 14.6 Å². The first kappa shape index (κ1) is 14.4. The Morgan fingerprint density at radius 3 is 2.33 bits per heavy atom. The van der Waals surface area contributed by atoms with Crippen LogP contribution in [0.5, 0.6) is 11.5 Å². The van der Waals surface area contributed by atoms with Gasteiger partial charge < -0.3 is 14.6 Å². The molecule has 1 aromatic carbocycles. The molecule has 0 unspecified atom stereocenters. The molecule has 100 valence electrons. The van der Waals surface area contributed by atoms with Crippen LogP contribution in [0.4, 0.5) is 0 Å². The van der Waals surface area contributed by atoms with Crippen molar-refractivity contribution in [3.05, 3.63) is 23.3 Å². The lowest BCUT2D eigenvalue weighted by atomic mass is 9.85. The third-order valence-electron chi connectivity index (χ3n) is 2.95. The normalized spacial score (nSPS) is 11.2. The molecule has 0 saturated heterocycles. The number of aryl methyl sites for hydroxylation is 1. The van der Waals surface area contributed by atoms with Gasteiger partial charge in [-0.3, -0.25) is 4.79 Å². The number of carbonyl (C=O) groups is 1. The second-order valence-corrected chi connectivity index (χ2v) is 5.01. The number of carboxylic acid groups (broad SMARTS) is 1. The van der Waals surface area contributed by atoms with Gasteiger partial charge in [-0.25, -0.2) is 0 Å². The standard InChI is InChI=1S/C14H20O4/c1-9-6-10(8-14(2,3)13(15)16)7-11(17-4)12(9)18-5/h6-7H,8H2,1-5H3,(H,15,16). The molecule has 1 N–H and O–H groups in total. The minimum Gasteiger partial charge on any atom is -0.493 e.